The molecule has 1 aromatic rings. The number of carboxylic acid groups (broad SMARTS) is 1. The molecule has 0 aromatic heterocycles. The van der Waals surface area contributed by atoms with Crippen molar-refractivity contribution in [1.29, 1.82) is 0 Å². The Kier molecular flexibility index (Phi) is 4.99. The van der Waals surface area contributed by atoms with Gasteiger partial charge in [-0.3, -0.25) is 4.90 Å². The molecule has 0 fully saturated rings. The number of benzene rings is 1. The molecular formula is C15H22ClNO2. The first-order chi connectivity index (χ1) is 8.62. The Labute approximate surface area is 120 Å². The van der Waals surface area contributed by atoms with Crippen LogP contribution in [0.5, 0.6) is 0 Å². The van der Waals surface area contributed by atoms with Gasteiger partial charge in [0.05, 0.1) is 5.56 Å². The van der Waals surface area contributed by atoms with Gasteiger partial charge in [-0.2, -0.15) is 0 Å². The second-order valence-electron chi connectivity index (χ2n) is 6.07. The van der Waals surface area contributed by atoms with Gasteiger partial charge in [-0.25, -0.2) is 4.79 Å². The van der Waals surface area contributed by atoms with E-state index >= 15 is 0 Å². The van der Waals surface area contributed by atoms with Crippen molar-refractivity contribution in [2.75, 3.05) is 7.05 Å². The van der Waals surface area contributed by atoms with Crippen molar-refractivity contribution in [2.45, 2.75) is 40.3 Å². The molecule has 4 heteroatoms. The fourth-order valence-electron chi connectivity index (χ4n) is 1.88. The molecule has 0 saturated carbocycles. The fraction of sp³-hybridized carbons (Fsp3) is 0.533. The number of hydrogen-bond donors (Lipinski definition) is 1. The zero-order chi connectivity index (χ0) is 14.8. The van der Waals surface area contributed by atoms with Crippen LogP contribution in [0.15, 0.2) is 18.2 Å². The molecule has 1 aromatic carbocycles. The first-order valence-corrected chi connectivity index (χ1v) is 6.72. The number of nitrogens with zero attached hydrogens (tertiary/aromatic N) is 1. The van der Waals surface area contributed by atoms with Crippen molar-refractivity contribution in [3.05, 3.63) is 34.3 Å². The van der Waals surface area contributed by atoms with Crippen LogP contribution < -0.4 is 0 Å². The van der Waals surface area contributed by atoms with Crippen LogP contribution in [-0.2, 0) is 6.54 Å². The molecule has 0 bridgehead atoms. The van der Waals surface area contributed by atoms with Crippen LogP contribution >= 0.6 is 11.6 Å². The van der Waals surface area contributed by atoms with Crippen molar-refractivity contribution in [1.82, 2.24) is 4.90 Å². The van der Waals surface area contributed by atoms with Crippen molar-refractivity contribution in [3.63, 3.8) is 0 Å². The van der Waals surface area contributed by atoms with Crippen molar-refractivity contribution >= 4 is 17.6 Å². The fourth-order valence-corrected chi connectivity index (χ4v) is 2.12. The van der Waals surface area contributed by atoms with Gasteiger partial charge in [0.1, 0.15) is 0 Å². The van der Waals surface area contributed by atoms with Crippen molar-refractivity contribution in [2.24, 2.45) is 5.41 Å². The van der Waals surface area contributed by atoms with Gasteiger partial charge in [0.15, 0.2) is 0 Å². The quantitative estimate of drug-likeness (QED) is 0.911. The van der Waals surface area contributed by atoms with Gasteiger partial charge in [-0.1, -0.05) is 38.4 Å². The lowest BCUT2D eigenvalue weighted by molar-refractivity contribution is 0.0697. The van der Waals surface area contributed by atoms with Gasteiger partial charge in [0.2, 0.25) is 0 Å². The lowest BCUT2D eigenvalue weighted by atomic mass is 9.87. The zero-order valence-corrected chi connectivity index (χ0v) is 13.0. The molecule has 0 aliphatic carbocycles. The molecule has 0 aliphatic heterocycles. The summed E-state index contributed by atoms with van der Waals surface area (Å²) in [5.41, 5.74) is 1.35. The average molecular weight is 284 g/mol. The molecule has 106 valence electrons. The molecule has 3 nitrogen and oxygen atoms in total. The summed E-state index contributed by atoms with van der Waals surface area (Å²) in [7, 11) is 2.05. The van der Waals surface area contributed by atoms with E-state index in [2.05, 4.69) is 39.6 Å². The minimum absolute atomic E-state index is 0.183. The molecule has 1 unspecified atom stereocenters. The summed E-state index contributed by atoms with van der Waals surface area (Å²) in [4.78, 5) is 13.1. The predicted octanol–water partition coefficient (Wildman–Crippen LogP) is 3.90. The Hall–Kier alpha value is -1.06. The summed E-state index contributed by atoms with van der Waals surface area (Å²) >= 11 is 6.15. The number of hydrogen-bond acceptors (Lipinski definition) is 2. The molecule has 0 saturated heterocycles. The number of rotatable bonds is 4. The molecule has 0 heterocycles. The summed E-state index contributed by atoms with van der Waals surface area (Å²) in [5.74, 6) is -0.954. The molecule has 0 radical (unpaired) electrons. The van der Waals surface area contributed by atoms with Gasteiger partial charge in [0, 0.05) is 17.6 Å². The third kappa shape index (κ3) is 4.22. The largest absolute Gasteiger partial charge is 0.478 e. The Morgan fingerprint density at radius 1 is 1.42 bits per heavy atom. The molecule has 0 spiro atoms. The third-order valence-corrected chi connectivity index (χ3v) is 3.99. The predicted molar refractivity (Wildman–Crippen MR) is 78.8 cm³/mol. The van der Waals surface area contributed by atoms with Crippen molar-refractivity contribution < 1.29 is 9.90 Å². The highest BCUT2D eigenvalue weighted by Crippen LogP contribution is 2.26. The normalized spacial score (nSPS) is 13.6. The van der Waals surface area contributed by atoms with Gasteiger partial charge in [-0.05, 0) is 37.1 Å². The van der Waals surface area contributed by atoms with E-state index in [9.17, 15) is 4.79 Å². The molecular weight excluding hydrogens is 262 g/mol. The monoisotopic (exact) mass is 283 g/mol. The minimum atomic E-state index is -0.954. The van der Waals surface area contributed by atoms with Crippen LogP contribution in [0.3, 0.4) is 0 Å². The van der Waals surface area contributed by atoms with E-state index in [1.165, 1.54) is 6.07 Å². The Morgan fingerprint density at radius 3 is 2.42 bits per heavy atom. The van der Waals surface area contributed by atoms with E-state index in [1.807, 2.05) is 0 Å². The number of carbonyl (C=O) groups is 1. The summed E-state index contributed by atoms with van der Waals surface area (Å²) in [5, 5.41) is 9.42. The van der Waals surface area contributed by atoms with Gasteiger partial charge >= 0.3 is 5.97 Å². The SMILES string of the molecule is CC(N(C)Cc1ccc(C(=O)O)cc1Cl)C(C)(C)C. The Balaban J connectivity index is 2.86. The summed E-state index contributed by atoms with van der Waals surface area (Å²) in [6.45, 7) is 9.48. The maximum atomic E-state index is 10.9. The minimum Gasteiger partial charge on any atom is -0.478 e. The maximum absolute atomic E-state index is 10.9. The van der Waals surface area contributed by atoms with Crippen molar-refractivity contribution in [3.8, 4) is 0 Å². The van der Waals surface area contributed by atoms with Crippen LogP contribution in [0.1, 0.15) is 43.6 Å². The summed E-state index contributed by atoms with van der Waals surface area (Å²) in [6.07, 6.45) is 0. The van der Waals surface area contributed by atoms with Crippen LogP contribution in [0.2, 0.25) is 5.02 Å². The first-order valence-electron chi connectivity index (χ1n) is 6.35. The number of carboxylic acids is 1. The lowest BCUT2D eigenvalue weighted by Crippen LogP contribution is -2.38. The first kappa shape index (κ1) is 16.0. The highest BCUT2D eigenvalue weighted by Gasteiger charge is 2.24. The molecule has 19 heavy (non-hydrogen) atoms. The standard InChI is InChI=1S/C15H22ClNO2/c1-10(15(2,3)4)17(5)9-12-7-6-11(14(18)19)8-13(12)16/h6-8,10H,9H2,1-5H3,(H,18,19). The van der Waals surface area contributed by atoms with Gasteiger partial charge in [-0.15, -0.1) is 0 Å². The van der Waals surface area contributed by atoms with E-state index in [4.69, 9.17) is 16.7 Å². The Morgan fingerprint density at radius 2 is 2.00 bits per heavy atom. The number of halogens is 1. The van der Waals surface area contributed by atoms with Gasteiger partial charge in [0.25, 0.3) is 0 Å². The molecule has 0 aliphatic rings. The smallest absolute Gasteiger partial charge is 0.335 e. The topological polar surface area (TPSA) is 40.5 Å². The zero-order valence-electron chi connectivity index (χ0n) is 12.2. The molecule has 1 N–H and O–H groups in total. The van der Waals surface area contributed by atoms with Crippen LogP contribution in [-0.4, -0.2) is 29.1 Å². The highest BCUT2D eigenvalue weighted by molar-refractivity contribution is 6.31. The van der Waals surface area contributed by atoms with Gasteiger partial charge < -0.3 is 5.11 Å². The van der Waals surface area contributed by atoms with E-state index in [0.29, 0.717) is 17.6 Å². The number of aromatic carboxylic acids is 1. The molecule has 0 amide bonds. The van der Waals surface area contributed by atoms with Crippen LogP contribution in [0.4, 0.5) is 0 Å². The Bertz CT molecular complexity index is 466. The molecule has 1 rings (SSSR count). The van der Waals surface area contributed by atoms with E-state index in [1.54, 1.807) is 12.1 Å². The summed E-state index contributed by atoms with van der Waals surface area (Å²) < 4.78 is 0. The van der Waals surface area contributed by atoms with E-state index in [-0.39, 0.29) is 11.0 Å². The van der Waals surface area contributed by atoms with Crippen LogP contribution in [0.25, 0.3) is 0 Å². The molecule has 1 atom stereocenters. The summed E-state index contributed by atoms with van der Waals surface area (Å²) in [6, 6.07) is 5.29. The maximum Gasteiger partial charge on any atom is 0.335 e. The van der Waals surface area contributed by atoms with E-state index < -0.39 is 5.97 Å². The van der Waals surface area contributed by atoms with E-state index in [0.717, 1.165) is 5.56 Å². The lowest BCUT2D eigenvalue weighted by Gasteiger charge is -2.35. The van der Waals surface area contributed by atoms with Crippen LogP contribution in [0, 0.1) is 5.41 Å². The average Bonchev–Trinajstić information content (AvgIpc) is 2.29. The highest BCUT2D eigenvalue weighted by atomic mass is 35.5. The second-order valence-corrected chi connectivity index (χ2v) is 6.48. The third-order valence-electron chi connectivity index (χ3n) is 3.63. The second kappa shape index (κ2) is 5.93.